The first-order chi connectivity index (χ1) is 4.93. The van der Waals surface area contributed by atoms with Crippen LogP contribution in [0.5, 0.6) is 0 Å². The summed E-state index contributed by atoms with van der Waals surface area (Å²) in [4.78, 5) is 0. The summed E-state index contributed by atoms with van der Waals surface area (Å²) >= 11 is 0. The molecule has 0 aromatic heterocycles. The van der Waals surface area contributed by atoms with E-state index in [0.29, 0.717) is 0 Å². The van der Waals surface area contributed by atoms with Crippen molar-refractivity contribution in [2.75, 3.05) is 19.7 Å². The Kier molecular flexibility index (Phi) is 3.28. The minimum Gasteiger partial charge on any atom is -0.375 e. The summed E-state index contributed by atoms with van der Waals surface area (Å²) in [5.74, 6) is 5.50. The van der Waals surface area contributed by atoms with Gasteiger partial charge in [-0.3, -0.25) is 0 Å². The molecular weight excluding hydrogens is 126 g/mol. The van der Waals surface area contributed by atoms with Crippen molar-refractivity contribution >= 4 is 0 Å². The van der Waals surface area contributed by atoms with Gasteiger partial charge in [0.25, 0.3) is 0 Å². The third kappa shape index (κ3) is 2.38. The lowest BCUT2D eigenvalue weighted by atomic mass is 10.2. The monoisotopic (exact) mass is 138 g/mol. The number of ether oxygens (including phenoxy) is 1. The molecule has 10 heavy (non-hydrogen) atoms. The van der Waals surface area contributed by atoms with Gasteiger partial charge in [-0.2, -0.15) is 0 Å². The number of hydrogen-bond donors (Lipinski definition) is 1. The van der Waals surface area contributed by atoms with Gasteiger partial charge in [0.2, 0.25) is 0 Å². The first-order valence-corrected chi connectivity index (χ1v) is 3.51. The third-order valence-corrected chi connectivity index (χ3v) is 1.46. The molecule has 0 saturated carbocycles. The zero-order valence-electron chi connectivity index (χ0n) is 6.02. The smallest absolute Gasteiger partial charge is 0.0809 e. The molecule has 1 unspecified atom stereocenters. The number of hydrogen-bond acceptors (Lipinski definition) is 2. The summed E-state index contributed by atoms with van der Waals surface area (Å²) in [5, 5.41) is 3.23. The zero-order chi connectivity index (χ0) is 7.23. The minimum atomic E-state index is 0.281. The summed E-state index contributed by atoms with van der Waals surface area (Å²) in [5.41, 5.74) is 0. The molecule has 1 aliphatic rings. The van der Waals surface area contributed by atoms with Gasteiger partial charge in [-0.05, 0) is 0 Å². The molecule has 0 aromatic carbocycles. The van der Waals surface area contributed by atoms with Crippen molar-refractivity contribution in [3.63, 3.8) is 0 Å². The van der Waals surface area contributed by atoms with E-state index in [0.717, 1.165) is 26.1 Å². The highest BCUT2D eigenvalue weighted by atomic mass is 16.5. The molecule has 1 atom stereocenters. The van der Waals surface area contributed by atoms with Crippen molar-refractivity contribution in [3.8, 4) is 11.8 Å². The average molecular weight is 138 g/mol. The molecule has 1 fully saturated rings. The summed E-state index contributed by atoms with van der Waals surface area (Å²) < 4.78 is 5.39. The van der Waals surface area contributed by atoms with Gasteiger partial charge in [-0.1, -0.05) is 0 Å². The maximum absolute atomic E-state index is 5.39. The molecule has 1 radical (unpaired) electrons. The Hall–Kier alpha value is -0.520. The van der Waals surface area contributed by atoms with Crippen LogP contribution in [0.4, 0.5) is 0 Å². The van der Waals surface area contributed by atoms with Crippen molar-refractivity contribution in [1.29, 1.82) is 0 Å². The van der Waals surface area contributed by atoms with E-state index in [2.05, 4.69) is 24.1 Å². The van der Waals surface area contributed by atoms with Crippen LogP contribution in [0, 0.1) is 18.8 Å². The van der Waals surface area contributed by atoms with E-state index in [9.17, 15) is 0 Å². The SMILES string of the molecule is [CH2]C#CCC1CNCCO1. The van der Waals surface area contributed by atoms with E-state index >= 15 is 0 Å². The lowest BCUT2D eigenvalue weighted by Crippen LogP contribution is -2.38. The predicted octanol–water partition coefficient (Wildman–Crippen LogP) is 0.202. The molecule has 0 spiro atoms. The van der Waals surface area contributed by atoms with Crippen molar-refractivity contribution in [2.24, 2.45) is 0 Å². The number of nitrogens with one attached hydrogen (secondary N) is 1. The lowest BCUT2D eigenvalue weighted by molar-refractivity contribution is 0.0322. The molecule has 0 amide bonds. The second-order valence-corrected chi connectivity index (χ2v) is 2.25. The maximum atomic E-state index is 5.39. The van der Waals surface area contributed by atoms with Crippen LogP contribution in [0.2, 0.25) is 0 Å². The molecular formula is C8H12NO. The van der Waals surface area contributed by atoms with Gasteiger partial charge in [-0.25, -0.2) is 0 Å². The van der Waals surface area contributed by atoms with E-state index < -0.39 is 0 Å². The van der Waals surface area contributed by atoms with Crippen LogP contribution in [0.25, 0.3) is 0 Å². The minimum absolute atomic E-state index is 0.281. The van der Waals surface area contributed by atoms with Crippen LogP contribution >= 0.6 is 0 Å². The van der Waals surface area contributed by atoms with Gasteiger partial charge in [0.05, 0.1) is 12.7 Å². The fourth-order valence-electron chi connectivity index (χ4n) is 0.937. The molecule has 1 N–H and O–H groups in total. The van der Waals surface area contributed by atoms with Gasteiger partial charge in [-0.15, -0.1) is 11.8 Å². The van der Waals surface area contributed by atoms with Crippen LogP contribution in [0.1, 0.15) is 6.42 Å². The highest BCUT2D eigenvalue weighted by molar-refractivity contribution is 5.03. The second-order valence-electron chi connectivity index (χ2n) is 2.25. The van der Waals surface area contributed by atoms with Crippen molar-refractivity contribution in [2.45, 2.75) is 12.5 Å². The summed E-state index contributed by atoms with van der Waals surface area (Å²) in [6.07, 6.45) is 1.08. The average Bonchev–Trinajstić information content (AvgIpc) is 2.03. The molecule has 1 heterocycles. The quantitative estimate of drug-likeness (QED) is 0.523. The van der Waals surface area contributed by atoms with Crippen LogP contribution in [0.3, 0.4) is 0 Å². The Morgan fingerprint density at radius 2 is 2.60 bits per heavy atom. The molecule has 0 bridgehead atoms. The van der Waals surface area contributed by atoms with Crippen molar-refractivity contribution in [3.05, 3.63) is 6.92 Å². The first kappa shape index (κ1) is 7.59. The molecule has 0 aliphatic carbocycles. The van der Waals surface area contributed by atoms with Gasteiger partial charge in [0.1, 0.15) is 0 Å². The third-order valence-electron chi connectivity index (χ3n) is 1.46. The molecule has 2 nitrogen and oxygen atoms in total. The largest absolute Gasteiger partial charge is 0.375 e. The topological polar surface area (TPSA) is 21.3 Å². The molecule has 1 aliphatic heterocycles. The fraction of sp³-hybridized carbons (Fsp3) is 0.625. The van der Waals surface area contributed by atoms with Crippen molar-refractivity contribution in [1.82, 2.24) is 5.32 Å². The molecule has 1 rings (SSSR count). The molecule has 0 aromatic rings. The van der Waals surface area contributed by atoms with E-state index in [4.69, 9.17) is 4.74 Å². The van der Waals surface area contributed by atoms with Crippen LogP contribution < -0.4 is 5.32 Å². The van der Waals surface area contributed by atoms with E-state index in [1.807, 2.05) is 0 Å². The Morgan fingerprint density at radius 1 is 1.70 bits per heavy atom. The highest BCUT2D eigenvalue weighted by Crippen LogP contribution is 1.98. The zero-order valence-corrected chi connectivity index (χ0v) is 6.02. The van der Waals surface area contributed by atoms with Gasteiger partial charge in [0, 0.05) is 26.4 Å². The first-order valence-electron chi connectivity index (χ1n) is 3.51. The Balaban J connectivity index is 2.17. The Bertz CT molecular complexity index is 139. The van der Waals surface area contributed by atoms with Gasteiger partial charge in [0.15, 0.2) is 0 Å². The van der Waals surface area contributed by atoms with E-state index in [1.165, 1.54) is 0 Å². The normalized spacial score (nSPS) is 25.1. The Morgan fingerprint density at radius 3 is 3.20 bits per heavy atom. The van der Waals surface area contributed by atoms with Gasteiger partial charge < -0.3 is 10.1 Å². The predicted molar refractivity (Wildman–Crippen MR) is 40.4 cm³/mol. The van der Waals surface area contributed by atoms with Crippen molar-refractivity contribution < 1.29 is 4.74 Å². The summed E-state index contributed by atoms with van der Waals surface area (Å²) in [7, 11) is 0. The maximum Gasteiger partial charge on any atom is 0.0809 e. The summed E-state index contributed by atoms with van der Waals surface area (Å²) in [6.45, 7) is 6.13. The standard InChI is InChI=1S/C8H12NO/c1-2-3-4-8-7-9-5-6-10-8/h8-9H,1,4-7H2. The second kappa shape index (κ2) is 4.32. The van der Waals surface area contributed by atoms with Gasteiger partial charge >= 0.3 is 0 Å². The van der Waals surface area contributed by atoms with Crippen LogP contribution in [-0.2, 0) is 4.74 Å². The Labute approximate surface area is 62.0 Å². The molecule has 55 valence electrons. The highest BCUT2D eigenvalue weighted by Gasteiger charge is 2.10. The molecule has 2 heteroatoms. The van der Waals surface area contributed by atoms with Crippen LogP contribution in [-0.4, -0.2) is 25.8 Å². The summed E-state index contributed by atoms with van der Waals surface area (Å²) in [6, 6.07) is 0. The van der Waals surface area contributed by atoms with Crippen LogP contribution in [0.15, 0.2) is 0 Å². The lowest BCUT2D eigenvalue weighted by Gasteiger charge is -2.21. The van der Waals surface area contributed by atoms with E-state index in [-0.39, 0.29) is 6.10 Å². The number of morpholine rings is 1. The molecule has 1 saturated heterocycles. The fourth-order valence-corrected chi connectivity index (χ4v) is 0.937. The van der Waals surface area contributed by atoms with E-state index in [1.54, 1.807) is 0 Å². The number of rotatable bonds is 1.